The Labute approximate surface area is 60.7 Å². The van der Waals surface area contributed by atoms with Gasteiger partial charge in [-0.05, 0) is 11.0 Å². The van der Waals surface area contributed by atoms with E-state index in [-0.39, 0.29) is 11.0 Å². The summed E-state index contributed by atoms with van der Waals surface area (Å²) in [6.07, 6.45) is 0. The summed E-state index contributed by atoms with van der Waals surface area (Å²) in [5, 5.41) is 0. The van der Waals surface area contributed by atoms with Gasteiger partial charge in [0, 0.05) is 0 Å². The molecule has 40 valence electrons. The van der Waals surface area contributed by atoms with Crippen LogP contribution in [0.1, 0.15) is 0 Å². The summed E-state index contributed by atoms with van der Waals surface area (Å²) in [6, 6.07) is 0. The minimum absolute atomic E-state index is 0. The maximum atomic E-state index is 4.83. The Morgan fingerprint density at radius 3 is 0.833 bits per heavy atom. The predicted octanol–water partition coefficient (Wildman–Crippen LogP) is 1.10. The highest BCUT2D eigenvalue weighted by Gasteiger charge is 2.11. The van der Waals surface area contributed by atoms with Crippen molar-refractivity contribution >= 4 is 57.4 Å². The topological polar surface area (TPSA) is 0 Å². The van der Waals surface area contributed by atoms with E-state index in [0.29, 0.717) is 0 Å². The molecule has 0 aliphatic carbocycles. The van der Waals surface area contributed by atoms with Gasteiger partial charge >= 0.3 is 0 Å². The summed E-state index contributed by atoms with van der Waals surface area (Å²) in [4.78, 5) is 0. The SMILES string of the molecule is ClC(Cl)(Cl)Cl.[SiH4]. The summed E-state index contributed by atoms with van der Waals surface area (Å²) in [6.45, 7) is 0. The minimum atomic E-state index is -1.61. The van der Waals surface area contributed by atoms with E-state index in [1.165, 1.54) is 0 Å². The second-order valence-corrected chi connectivity index (χ2v) is 3.86. The fourth-order valence-electron chi connectivity index (χ4n) is 0. The number of alkyl halides is 4. The van der Waals surface area contributed by atoms with E-state index >= 15 is 0 Å². The molecule has 0 saturated heterocycles. The Kier molecular flexibility index (Phi) is 5.86. The molecule has 0 bridgehead atoms. The zero-order valence-corrected chi connectivity index (χ0v) is 5.04. The third kappa shape index (κ3) is 54.3. The molecule has 0 aliphatic rings. The normalized spacial score (nSPS) is 10.0. The molecule has 0 saturated carbocycles. The van der Waals surface area contributed by atoms with Gasteiger partial charge in [-0.1, -0.05) is 46.4 Å². The lowest BCUT2D eigenvalue weighted by Gasteiger charge is -1.91. The standard InChI is InChI=1S/CCl4.H4Si/c2-1(3,4)5;/h;1H4. The Morgan fingerprint density at radius 1 is 0.833 bits per heavy atom. The Balaban J connectivity index is 0. The largest absolute Gasteiger partial charge is 0.266 e. The van der Waals surface area contributed by atoms with Crippen molar-refractivity contribution in [2.45, 2.75) is 3.25 Å². The van der Waals surface area contributed by atoms with Crippen LogP contribution in [0.15, 0.2) is 0 Å². The fourth-order valence-corrected chi connectivity index (χ4v) is 0. The van der Waals surface area contributed by atoms with Crippen LogP contribution in [0.2, 0.25) is 0 Å². The molecule has 0 N–H and O–H groups in total. The van der Waals surface area contributed by atoms with Gasteiger partial charge in [-0.3, -0.25) is 0 Å². The van der Waals surface area contributed by atoms with Gasteiger partial charge in [0.15, 0.2) is 0 Å². The zero-order valence-electron chi connectivity index (χ0n) is 2.01. The van der Waals surface area contributed by atoms with Crippen LogP contribution in [-0.4, -0.2) is 14.2 Å². The third-order valence-corrected chi connectivity index (χ3v) is 0. The molecule has 0 heterocycles. The Bertz CT molecular complexity index is 23.0. The number of hydrogen-bond donors (Lipinski definition) is 0. The van der Waals surface area contributed by atoms with Gasteiger partial charge in [-0.25, -0.2) is 0 Å². The maximum absolute atomic E-state index is 4.83. The van der Waals surface area contributed by atoms with E-state index in [1.807, 2.05) is 0 Å². The van der Waals surface area contributed by atoms with Gasteiger partial charge in [0.2, 0.25) is 0 Å². The number of halogens is 4. The molecule has 0 fully saturated rings. The molecule has 0 aromatic carbocycles. The van der Waals surface area contributed by atoms with E-state index in [9.17, 15) is 0 Å². The van der Waals surface area contributed by atoms with Crippen molar-refractivity contribution in [3.63, 3.8) is 0 Å². The lowest BCUT2D eigenvalue weighted by atomic mass is 11.8. The zero-order chi connectivity index (χ0) is 4.50. The molecule has 0 aromatic rings. The van der Waals surface area contributed by atoms with Crippen LogP contribution >= 0.6 is 46.4 Å². The monoisotopic (exact) mass is 184 g/mol. The van der Waals surface area contributed by atoms with Crippen LogP contribution in [0.5, 0.6) is 0 Å². The molecule has 0 spiro atoms. The second kappa shape index (κ2) is 3.39. The molecule has 0 unspecified atom stereocenters. The first kappa shape index (κ1) is 10.4. The van der Waals surface area contributed by atoms with E-state index in [1.54, 1.807) is 0 Å². The molecule has 0 amide bonds. The van der Waals surface area contributed by atoms with Crippen molar-refractivity contribution in [2.24, 2.45) is 0 Å². The van der Waals surface area contributed by atoms with Crippen molar-refractivity contribution in [1.29, 1.82) is 0 Å². The third-order valence-electron chi connectivity index (χ3n) is 0. The molecule has 0 aliphatic heterocycles. The van der Waals surface area contributed by atoms with Gasteiger partial charge in [-0.15, -0.1) is 0 Å². The van der Waals surface area contributed by atoms with E-state index in [4.69, 9.17) is 46.4 Å². The van der Waals surface area contributed by atoms with Crippen LogP contribution in [0, 0.1) is 0 Å². The van der Waals surface area contributed by atoms with Crippen molar-refractivity contribution in [3.05, 3.63) is 0 Å². The summed E-state index contributed by atoms with van der Waals surface area (Å²) < 4.78 is -1.61. The van der Waals surface area contributed by atoms with Crippen LogP contribution in [-0.2, 0) is 0 Å². The van der Waals surface area contributed by atoms with Gasteiger partial charge in [0.05, 0.1) is 0 Å². The molecule has 0 aromatic heterocycles. The average molecular weight is 186 g/mol. The summed E-state index contributed by atoms with van der Waals surface area (Å²) in [7, 11) is 0. The minimum Gasteiger partial charge on any atom is -0.0664 e. The van der Waals surface area contributed by atoms with Gasteiger partial charge in [0.1, 0.15) is 0 Å². The van der Waals surface area contributed by atoms with Gasteiger partial charge in [0.25, 0.3) is 3.25 Å². The van der Waals surface area contributed by atoms with Crippen molar-refractivity contribution < 1.29 is 0 Å². The highest BCUT2D eigenvalue weighted by Crippen LogP contribution is 2.29. The van der Waals surface area contributed by atoms with Gasteiger partial charge in [-0.2, -0.15) is 0 Å². The lowest BCUT2D eigenvalue weighted by Crippen LogP contribution is -1.81. The van der Waals surface area contributed by atoms with E-state index in [2.05, 4.69) is 0 Å². The molecule has 6 heavy (non-hydrogen) atoms. The number of rotatable bonds is 0. The smallest absolute Gasteiger partial charge is 0.0664 e. The Morgan fingerprint density at radius 2 is 0.833 bits per heavy atom. The van der Waals surface area contributed by atoms with Crippen LogP contribution < -0.4 is 0 Å². The molecular formula is CH4Cl4Si. The van der Waals surface area contributed by atoms with Crippen LogP contribution in [0.25, 0.3) is 0 Å². The molecule has 0 atom stereocenters. The average Bonchev–Trinajstić information content (AvgIpc) is 0.722. The molecule has 0 rings (SSSR count). The first-order valence-corrected chi connectivity index (χ1v) is 2.27. The summed E-state index contributed by atoms with van der Waals surface area (Å²) in [5.74, 6) is 0. The van der Waals surface area contributed by atoms with Crippen molar-refractivity contribution in [2.75, 3.05) is 0 Å². The number of hydrogen-bond acceptors (Lipinski definition) is 0. The molecule has 0 nitrogen and oxygen atoms in total. The first-order chi connectivity index (χ1) is 2.00. The second-order valence-electron chi connectivity index (χ2n) is 0.429. The van der Waals surface area contributed by atoms with E-state index in [0.717, 1.165) is 0 Å². The first-order valence-electron chi connectivity index (χ1n) is 0.756. The van der Waals surface area contributed by atoms with Crippen LogP contribution in [0.4, 0.5) is 0 Å². The van der Waals surface area contributed by atoms with Gasteiger partial charge < -0.3 is 0 Å². The predicted molar refractivity (Wildman–Crippen MR) is 37.5 cm³/mol. The van der Waals surface area contributed by atoms with Crippen molar-refractivity contribution in [1.82, 2.24) is 0 Å². The van der Waals surface area contributed by atoms with Crippen LogP contribution in [0.3, 0.4) is 0 Å². The summed E-state index contributed by atoms with van der Waals surface area (Å²) >= 11 is 19.3. The Hall–Kier alpha value is 1.38. The quantitative estimate of drug-likeness (QED) is 0.392. The summed E-state index contributed by atoms with van der Waals surface area (Å²) in [5.41, 5.74) is 0. The van der Waals surface area contributed by atoms with E-state index < -0.39 is 3.25 Å². The lowest BCUT2D eigenvalue weighted by molar-refractivity contribution is 1.76. The van der Waals surface area contributed by atoms with Crippen molar-refractivity contribution in [3.8, 4) is 0 Å². The molecule has 0 radical (unpaired) electrons. The highest BCUT2D eigenvalue weighted by atomic mass is 35.6. The highest BCUT2D eigenvalue weighted by molar-refractivity contribution is 6.83. The maximum Gasteiger partial charge on any atom is 0.266 e. The molecular weight excluding hydrogens is 182 g/mol. The fraction of sp³-hybridized carbons (Fsp3) is 1.00. The molecule has 5 heteroatoms.